The fraction of sp³-hybridized carbons (Fsp3) is 0.500. The van der Waals surface area contributed by atoms with Gasteiger partial charge in [-0.3, -0.25) is 0 Å². The van der Waals surface area contributed by atoms with Gasteiger partial charge in [-0.2, -0.15) is 0 Å². The molecule has 2 N–H and O–H groups in total. The van der Waals surface area contributed by atoms with Gasteiger partial charge in [-0.15, -0.1) is 0 Å². The predicted octanol–water partition coefficient (Wildman–Crippen LogP) is 2.06. The van der Waals surface area contributed by atoms with Gasteiger partial charge in [0.2, 0.25) is 0 Å². The van der Waals surface area contributed by atoms with E-state index in [0.717, 1.165) is 19.5 Å². The van der Waals surface area contributed by atoms with E-state index in [1.807, 2.05) is 4.90 Å². The number of nitrogens with two attached hydrogens (primary N) is 1. The number of halogens is 2. The number of rotatable bonds is 2. The summed E-state index contributed by atoms with van der Waals surface area (Å²) in [6.07, 6.45) is 0.950. The SMILES string of the molecule is Cc1ccc(N2CCC(CN)C2)c(F)c1F. The molecule has 0 aromatic heterocycles. The van der Waals surface area contributed by atoms with Crippen molar-refractivity contribution in [2.24, 2.45) is 11.7 Å². The first-order valence-electron chi connectivity index (χ1n) is 5.53. The van der Waals surface area contributed by atoms with Gasteiger partial charge in [0.15, 0.2) is 11.6 Å². The maximum absolute atomic E-state index is 13.7. The normalized spacial score (nSPS) is 20.5. The number of benzene rings is 1. The van der Waals surface area contributed by atoms with E-state index in [9.17, 15) is 8.78 Å². The van der Waals surface area contributed by atoms with Crippen molar-refractivity contribution in [2.45, 2.75) is 13.3 Å². The number of anilines is 1. The molecule has 16 heavy (non-hydrogen) atoms. The van der Waals surface area contributed by atoms with Crippen molar-refractivity contribution in [2.75, 3.05) is 24.5 Å². The Kier molecular flexibility index (Phi) is 3.10. The predicted molar refractivity (Wildman–Crippen MR) is 60.5 cm³/mol. The highest BCUT2D eigenvalue weighted by Gasteiger charge is 2.24. The molecule has 2 rings (SSSR count). The van der Waals surface area contributed by atoms with Crippen LogP contribution >= 0.6 is 0 Å². The van der Waals surface area contributed by atoms with Crippen molar-refractivity contribution in [3.05, 3.63) is 29.3 Å². The average Bonchev–Trinajstić information content (AvgIpc) is 2.74. The lowest BCUT2D eigenvalue weighted by atomic mass is 10.1. The molecule has 0 radical (unpaired) electrons. The van der Waals surface area contributed by atoms with Crippen LogP contribution in [0.2, 0.25) is 0 Å². The summed E-state index contributed by atoms with van der Waals surface area (Å²) < 4.78 is 27.1. The summed E-state index contributed by atoms with van der Waals surface area (Å²) in [5.74, 6) is -1.09. The molecule has 1 unspecified atom stereocenters. The van der Waals surface area contributed by atoms with E-state index in [0.29, 0.717) is 23.7 Å². The standard InChI is InChI=1S/C12H16F2N2/c1-8-2-3-10(12(14)11(8)13)16-5-4-9(6-15)7-16/h2-3,9H,4-7,15H2,1H3. The van der Waals surface area contributed by atoms with Gasteiger partial charge in [0.05, 0.1) is 5.69 Å². The van der Waals surface area contributed by atoms with E-state index >= 15 is 0 Å². The fourth-order valence-corrected chi connectivity index (χ4v) is 2.12. The topological polar surface area (TPSA) is 29.3 Å². The highest BCUT2D eigenvalue weighted by Crippen LogP contribution is 2.28. The zero-order valence-electron chi connectivity index (χ0n) is 9.34. The molecule has 0 saturated carbocycles. The van der Waals surface area contributed by atoms with Crippen molar-refractivity contribution in [3.63, 3.8) is 0 Å². The molecule has 1 aromatic rings. The Morgan fingerprint density at radius 3 is 2.75 bits per heavy atom. The summed E-state index contributed by atoms with van der Waals surface area (Å²) in [7, 11) is 0. The van der Waals surface area contributed by atoms with Gasteiger partial charge in [-0.1, -0.05) is 6.07 Å². The van der Waals surface area contributed by atoms with Gasteiger partial charge < -0.3 is 10.6 Å². The van der Waals surface area contributed by atoms with Gasteiger partial charge in [0.1, 0.15) is 0 Å². The van der Waals surface area contributed by atoms with Crippen LogP contribution in [0, 0.1) is 24.5 Å². The molecule has 1 aliphatic rings. The molecule has 1 saturated heterocycles. The summed E-state index contributed by atoms with van der Waals surface area (Å²) in [5, 5.41) is 0. The summed E-state index contributed by atoms with van der Waals surface area (Å²) in [4.78, 5) is 1.87. The molecule has 4 heteroatoms. The third-order valence-electron chi connectivity index (χ3n) is 3.21. The van der Waals surface area contributed by atoms with Gasteiger partial charge in [-0.05, 0) is 37.4 Å². The molecule has 1 atom stereocenters. The molecule has 2 nitrogen and oxygen atoms in total. The van der Waals surface area contributed by atoms with Gasteiger partial charge in [0.25, 0.3) is 0 Å². The molecule has 1 fully saturated rings. The third-order valence-corrected chi connectivity index (χ3v) is 3.21. The molecule has 0 bridgehead atoms. The van der Waals surface area contributed by atoms with Crippen LogP contribution in [-0.2, 0) is 0 Å². The quantitative estimate of drug-likeness (QED) is 0.836. The Morgan fingerprint density at radius 2 is 2.12 bits per heavy atom. The lowest BCUT2D eigenvalue weighted by Gasteiger charge is -2.19. The Balaban J connectivity index is 2.25. The van der Waals surface area contributed by atoms with Crippen molar-refractivity contribution in [3.8, 4) is 0 Å². The second-order valence-electron chi connectivity index (χ2n) is 4.37. The summed E-state index contributed by atoms with van der Waals surface area (Å²) in [6.45, 7) is 3.64. The van der Waals surface area contributed by atoms with Gasteiger partial charge in [0, 0.05) is 13.1 Å². The summed E-state index contributed by atoms with van der Waals surface area (Å²) in [6, 6.07) is 3.26. The van der Waals surface area contributed by atoms with Crippen molar-refractivity contribution >= 4 is 5.69 Å². The molecule has 1 heterocycles. The van der Waals surface area contributed by atoms with E-state index in [2.05, 4.69) is 0 Å². The zero-order chi connectivity index (χ0) is 11.7. The molecule has 0 spiro atoms. The van der Waals surface area contributed by atoms with Gasteiger partial charge in [-0.25, -0.2) is 8.78 Å². The number of hydrogen-bond donors (Lipinski definition) is 1. The average molecular weight is 226 g/mol. The minimum Gasteiger partial charge on any atom is -0.369 e. The second-order valence-corrected chi connectivity index (χ2v) is 4.37. The number of hydrogen-bond acceptors (Lipinski definition) is 2. The first-order valence-corrected chi connectivity index (χ1v) is 5.53. The van der Waals surface area contributed by atoms with E-state index in [1.54, 1.807) is 19.1 Å². The van der Waals surface area contributed by atoms with E-state index in [1.165, 1.54) is 0 Å². The Bertz CT molecular complexity index is 393. The van der Waals surface area contributed by atoms with Crippen LogP contribution in [-0.4, -0.2) is 19.6 Å². The zero-order valence-corrected chi connectivity index (χ0v) is 9.34. The van der Waals surface area contributed by atoms with Crippen LogP contribution in [0.3, 0.4) is 0 Å². The van der Waals surface area contributed by atoms with E-state index in [4.69, 9.17) is 5.73 Å². The van der Waals surface area contributed by atoms with Gasteiger partial charge >= 0.3 is 0 Å². The molecular weight excluding hydrogens is 210 g/mol. The maximum atomic E-state index is 13.7. The van der Waals surface area contributed by atoms with E-state index < -0.39 is 11.6 Å². The molecule has 0 amide bonds. The smallest absolute Gasteiger partial charge is 0.182 e. The van der Waals surface area contributed by atoms with Crippen LogP contribution in [0.1, 0.15) is 12.0 Å². The Hall–Kier alpha value is -1.16. The minimum atomic E-state index is -0.742. The molecule has 0 aliphatic carbocycles. The molecular formula is C12H16F2N2. The fourth-order valence-electron chi connectivity index (χ4n) is 2.12. The second kappa shape index (κ2) is 4.37. The maximum Gasteiger partial charge on any atom is 0.182 e. The Morgan fingerprint density at radius 1 is 1.38 bits per heavy atom. The van der Waals surface area contributed by atoms with E-state index in [-0.39, 0.29) is 0 Å². The highest BCUT2D eigenvalue weighted by molar-refractivity contribution is 5.50. The Labute approximate surface area is 94.0 Å². The summed E-state index contributed by atoms with van der Waals surface area (Å²) >= 11 is 0. The van der Waals surface area contributed by atoms with Crippen molar-refractivity contribution in [1.29, 1.82) is 0 Å². The number of aryl methyl sites for hydroxylation is 1. The molecule has 88 valence electrons. The largest absolute Gasteiger partial charge is 0.369 e. The molecule has 1 aliphatic heterocycles. The van der Waals surface area contributed by atoms with Crippen LogP contribution in [0.15, 0.2) is 12.1 Å². The number of nitrogens with zero attached hydrogens (tertiary/aromatic N) is 1. The lowest BCUT2D eigenvalue weighted by Crippen LogP contribution is -2.23. The minimum absolute atomic E-state index is 0.343. The van der Waals surface area contributed by atoms with Crippen LogP contribution in [0.4, 0.5) is 14.5 Å². The van der Waals surface area contributed by atoms with Crippen LogP contribution in [0.5, 0.6) is 0 Å². The third kappa shape index (κ3) is 1.89. The first kappa shape index (κ1) is 11.3. The van der Waals surface area contributed by atoms with Crippen molar-refractivity contribution in [1.82, 2.24) is 0 Å². The summed E-state index contributed by atoms with van der Waals surface area (Å²) in [5.41, 5.74) is 6.28. The highest BCUT2D eigenvalue weighted by atomic mass is 19.2. The van der Waals surface area contributed by atoms with Crippen molar-refractivity contribution < 1.29 is 8.78 Å². The first-order chi connectivity index (χ1) is 7.63. The lowest BCUT2D eigenvalue weighted by molar-refractivity contribution is 0.501. The van der Waals surface area contributed by atoms with Crippen LogP contribution in [0.25, 0.3) is 0 Å². The monoisotopic (exact) mass is 226 g/mol. The van der Waals surface area contributed by atoms with Crippen LogP contribution < -0.4 is 10.6 Å². The molecule has 1 aromatic carbocycles.